The van der Waals surface area contributed by atoms with Crippen LogP contribution in [0.3, 0.4) is 0 Å². The highest BCUT2D eigenvalue weighted by Gasteiger charge is 2.25. The highest BCUT2D eigenvalue weighted by molar-refractivity contribution is 5.85. The van der Waals surface area contributed by atoms with Crippen LogP contribution in [-0.4, -0.2) is 49.6 Å². The first-order valence-corrected chi connectivity index (χ1v) is 7.03. The zero-order valence-electron chi connectivity index (χ0n) is 11.7. The standard InChI is InChI=1S/C13H25N3O.2ClH/c1-2-16-8-4-6-12(16)10-15-13(17)11-5-3-7-14-9-11;;/h11-12,14H,2-10H2,1H3,(H,15,17);2*1H. The van der Waals surface area contributed by atoms with Crippen LogP contribution in [0.4, 0.5) is 0 Å². The van der Waals surface area contributed by atoms with E-state index in [-0.39, 0.29) is 36.6 Å². The first kappa shape index (κ1) is 19.0. The molecule has 0 aromatic carbocycles. The van der Waals surface area contributed by atoms with Gasteiger partial charge < -0.3 is 10.6 Å². The molecule has 114 valence electrons. The van der Waals surface area contributed by atoms with E-state index in [0.717, 1.165) is 39.0 Å². The summed E-state index contributed by atoms with van der Waals surface area (Å²) >= 11 is 0. The van der Waals surface area contributed by atoms with Crippen molar-refractivity contribution >= 4 is 30.7 Å². The van der Waals surface area contributed by atoms with E-state index in [1.165, 1.54) is 19.4 Å². The van der Waals surface area contributed by atoms with E-state index < -0.39 is 0 Å². The van der Waals surface area contributed by atoms with Gasteiger partial charge in [0, 0.05) is 19.1 Å². The van der Waals surface area contributed by atoms with Crippen LogP contribution in [0, 0.1) is 5.92 Å². The fourth-order valence-corrected chi connectivity index (χ4v) is 2.98. The van der Waals surface area contributed by atoms with E-state index >= 15 is 0 Å². The lowest BCUT2D eigenvalue weighted by atomic mass is 9.99. The topological polar surface area (TPSA) is 44.4 Å². The molecule has 19 heavy (non-hydrogen) atoms. The summed E-state index contributed by atoms with van der Waals surface area (Å²) in [5, 5.41) is 6.43. The molecule has 2 aliphatic rings. The van der Waals surface area contributed by atoms with Gasteiger partial charge >= 0.3 is 0 Å². The van der Waals surface area contributed by atoms with E-state index in [4.69, 9.17) is 0 Å². The summed E-state index contributed by atoms with van der Waals surface area (Å²) in [6.45, 7) is 7.26. The maximum absolute atomic E-state index is 12.0. The summed E-state index contributed by atoms with van der Waals surface area (Å²) in [6.07, 6.45) is 4.68. The van der Waals surface area contributed by atoms with E-state index in [9.17, 15) is 4.79 Å². The van der Waals surface area contributed by atoms with Gasteiger partial charge in [0.1, 0.15) is 0 Å². The fraction of sp³-hybridized carbons (Fsp3) is 0.923. The number of carbonyl (C=O) groups excluding carboxylic acids is 1. The van der Waals surface area contributed by atoms with Crippen molar-refractivity contribution < 1.29 is 4.79 Å². The number of likely N-dealkylation sites (tertiary alicyclic amines) is 1. The number of carbonyl (C=O) groups is 1. The number of amides is 1. The van der Waals surface area contributed by atoms with E-state index in [2.05, 4.69) is 22.5 Å². The number of rotatable bonds is 4. The molecule has 2 saturated heterocycles. The van der Waals surface area contributed by atoms with Gasteiger partial charge in [-0.25, -0.2) is 0 Å². The highest BCUT2D eigenvalue weighted by Crippen LogP contribution is 2.16. The quantitative estimate of drug-likeness (QED) is 0.825. The Morgan fingerprint density at radius 1 is 1.32 bits per heavy atom. The third kappa shape index (κ3) is 5.46. The van der Waals surface area contributed by atoms with Crippen molar-refractivity contribution in [2.24, 2.45) is 5.92 Å². The minimum atomic E-state index is 0. The molecule has 0 aromatic heterocycles. The zero-order valence-corrected chi connectivity index (χ0v) is 13.3. The molecule has 2 unspecified atom stereocenters. The Morgan fingerprint density at radius 2 is 2.11 bits per heavy atom. The lowest BCUT2D eigenvalue weighted by Crippen LogP contribution is -2.45. The van der Waals surface area contributed by atoms with Crippen LogP contribution in [0.2, 0.25) is 0 Å². The molecule has 2 heterocycles. The Balaban J connectivity index is 0.00000162. The summed E-state index contributed by atoms with van der Waals surface area (Å²) in [6, 6.07) is 0.570. The number of halogens is 2. The zero-order chi connectivity index (χ0) is 12.1. The smallest absolute Gasteiger partial charge is 0.224 e. The van der Waals surface area contributed by atoms with Crippen molar-refractivity contribution in [3.05, 3.63) is 0 Å². The normalized spacial score (nSPS) is 27.2. The van der Waals surface area contributed by atoms with Gasteiger partial charge in [0.2, 0.25) is 5.91 Å². The summed E-state index contributed by atoms with van der Waals surface area (Å²) in [4.78, 5) is 14.5. The van der Waals surface area contributed by atoms with Gasteiger partial charge in [0.15, 0.2) is 0 Å². The Morgan fingerprint density at radius 3 is 2.74 bits per heavy atom. The van der Waals surface area contributed by atoms with Gasteiger partial charge in [-0.15, -0.1) is 24.8 Å². The van der Waals surface area contributed by atoms with Crippen LogP contribution in [-0.2, 0) is 4.79 Å². The number of nitrogens with one attached hydrogen (secondary N) is 2. The molecule has 1 amide bonds. The number of nitrogens with zero attached hydrogens (tertiary/aromatic N) is 1. The van der Waals surface area contributed by atoms with Crippen LogP contribution >= 0.6 is 24.8 Å². The first-order chi connectivity index (χ1) is 8.31. The first-order valence-electron chi connectivity index (χ1n) is 7.03. The SMILES string of the molecule is CCN1CCCC1CNC(=O)C1CCCNC1.Cl.Cl. The lowest BCUT2D eigenvalue weighted by molar-refractivity contribution is -0.125. The monoisotopic (exact) mass is 311 g/mol. The predicted molar refractivity (Wildman–Crippen MR) is 83.4 cm³/mol. The lowest BCUT2D eigenvalue weighted by Gasteiger charge is -2.26. The molecule has 0 saturated carbocycles. The average molecular weight is 312 g/mol. The Labute approximate surface area is 128 Å². The van der Waals surface area contributed by atoms with Crippen LogP contribution in [0.5, 0.6) is 0 Å². The average Bonchev–Trinajstić information content (AvgIpc) is 2.84. The summed E-state index contributed by atoms with van der Waals surface area (Å²) in [7, 11) is 0. The third-order valence-corrected chi connectivity index (χ3v) is 4.08. The van der Waals surface area contributed by atoms with Gasteiger partial charge in [-0.2, -0.15) is 0 Å². The highest BCUT2D eigenvalue weighted by atomic mass is 35.5. The minimum Gasteiger partial charge on any atom is -0.354 e. The second-order valence-electron chi connectivity index (χ2n) is 5.21. The van der Waals surface area contributed by atoms with Crippen molar-refractivity contribution in [3.63, 3.8) is 0 Å². The number of piperidine rings is 1. The predicted octanol–water partition coefficient (Wildman–Crippen LogP) is 1.43. The molecule has 0 aromatic rings. The second-order valence-corrected chi connectivity index (χ2v) is 5.21. The van der Waals surface area contributed by atoms with Crippen molar-refractivity contribution in [2.75, 3.05) is 32.7 Å². The van der Waals surface area contributed by atoms with Crippen LogP contribution in [0.15, 0.2) is 0 Å². The van der Waals surface area contributed by atoms with Crippen molar-refractivity contribution in [2.45, 2.75) is 38.6 Å². The molecule has 2 aliphatic heterocycles. The van der Waals surface area contributed by atoms with E-state index in [1.54, 1.807) is 0 Å². The number of hydrogen-bond acceptors (Lipinski definition) is 3. The molecule has 2 atom stereocenters. The van der Waals surface area contributed by atoms with Crippen LogP contribution < -0.4 is 10.6 Å². The van der Waals surface area contributed by atoms with Gasteiger partial charge in [-0.1, -0.05) is 6.92 Å². The summed E-state index contributed by atoms with van der Waals surface area (Å²) < 4.78 is 0. The Bertz CT molecular complexity index is 260. The molecule has 0 radical (unpaired) electrons. The Hall–Kier alpha value is -0.0300. The second kappa shape index (κ2) is 9.81. The number of hydrogen-bond donors (Lipinski definition) is 2. The van der Waals surface area contributed by atoms with Crippen molar-refractivity contribution in [1.82, 2.24) is 15.5 Å². The molecule has 2 N–H and O–H groups in total. The molecule has 0 aliphatic carbocycles. The van der Waals surface area contributed by atoms with Crippen molar-refractivity contribution in [3.8, 4) is 0 Å². The third-order valence-electron chi connectivity index (χ3n) is 4.08. The molecule has 0 spiro atoms. The maximum atomic E-state index is 12.0. The van der Waals surface area contributed by atoms with Crippen molar-refractivity contribution in [1.29, 1.82) is 0 Å². The van der Waals surface area contributed by atoms with Gasteiger partial charge in [0.05, 0.1) is 5.92 Å². The van der Waals surface area contributed by atoms with Crippen LogP contribution in [0.1, 0.15) is 32.6 Å². The Kier molecular flexibility index (Phi) is 9.79. The van der Waals surface area contributed by atoms with Gasteiger partial charge in [-0.05, 0) is 45.3 Å². The molecular weight excluding hydrogens is 285 g/mol. The molecule has 2 fully saturated rings. The molecule has 0 bridgehead atoms. The summed E-state index contributed by atoms with van der Waals surface area (Å²) in [5.41, 5.74) is 0. The fourth-order valence-electron chi connectivity index (χ4n) is 2.98. The molecule has 4 nitrogen and oxygen atoms in total. The van der Waals surface area contributed by atoms with E-state index in [1.807, 2.05) is 0 Å². The molecule has 6 heteroatoms. The molecule has 2 rings (SSSR count). The maximum Gasteiger partial charge on any atom is 0.224 e. The summed E-state index contributed by atoms with van der Waals surface area (Å²) in [5.74, 6) is 0.445. The molecular formula is C13H27Cl2N3O. The van der Waals surface area contributed by atoms with Gasteiger partial charge in [-0.3, -0.25) is 9.69 Å². The largest absolute Gasteiger partial charge is 0.354 e. The minimum absolute atomic E-state index is 0. The van der Waals surface area contributed by atoms with Gasteiger partial charge in [0.25, 0.3) is 0 Å². The number of likely N-dealkylation sites (N-methyl/N-ethyl adjacent to an activating group) is 1. The van der Waals surface area contributed by atoms with Crippen LogP contribution in [0.25, 0.3) is 0 Å². The van der Waals surface area contributed by atoms with E-state index in [0.29, 0.717) is 6.04 Å².